The fourth-order valence-electron chi connectivity index (χ4n) is 1.36. The van der Waals surface area contributed by atoms with Crippen molar-refractivity contribution >= 4 is 23.5 Å². The van der Waals surface area contributed by atoms with Crippen molar-refractivity contribution < 1.29 is 4.79 Å². The lowest BCUT2D eigenvalue weighted by Crippen LogP contribution is -2.23. The fraction of sp³-hybridized carbons (Fsp3) is 0.636. The van der Waals surface area contributed by atoms with Crippen LogP contribution in [0.15, 0.2) is 6.07 Å². The van der Waals surface area contributed by atoms with Crippen molar-refractivity contribution in [2.75, 3.05) is 11.6 Å². The molecule has 4 nitrogen and oxygen atoms in total. The lowest BCUT2D eigenvalue weighted by atomic mass is 10.4. The van der Waals surface area contributed by atoms with E-state index in [0.717, 1.165) is 24.5 Å². The van der Waals surface area contributed by atoms with Gasteiger partial charge in [0.2, 0.25) is 5.91 Å². The van der Waals surface area contributed by atoms with Gasteiger partial charge >= 0.3 is 0 Å². The van der Waals surface area contributed by atoms with E-state index in [1.165, 1.54) is 11.8 Å². The average Bonchev–Trinajstić information content (AvgIpc) is 2.58. The van der Waals surface area contributed by atoms with Crippen LogP contribution >= 0.6 is 11.8 Å². The van der Waals surface area contributed by atoms with Gasteiger partial charge in [-0.15, -0.1) is 0 Å². The molecule has 0 aromatic carbocycles. The van der Waals surface area contributed by atoms with E-state index >= 15 is 0 Å². The summed E-state index contributed by atoms with van der Waals surface area (Å²) < 4.78 is 1.85. The summed E-state index contributed by atoms with van der Waals surface area (Å²) in [6.45, 7) is 6.75. The van der Waals surface area contributed by atoms with E-state index in [1.807, 2.05) is 30.9 Å². The highest BCUT2D eigenvalue weighted by molar-refractivity contribution is 7.99. The van der Waals surface area contributed by atoms with Crippen molar-refractivity contribution in [1.82, 2.24) is 9.78 Å². The van der Waals surface area contributed by atoms with Crippen molar-refractivity contribution in [3.05, 3.63) is 11.8 Å². The Bertz CT molecular complexity index is 362. The molecule has 0 spiro atoms. The van der Waals surface area contributed by atoms with Gasteiger partial charge in [-0.3, -0.25) is 4.79 Å². The number of thioether (sulfide) groups is 1. The Hall–Kier alpha value is -0.970. The predicted molar refractivity (Wildman–Crippen MR) is 68.9 cm³/mol. The number of amides is 1. The lowest BCUT2D eigenvalue weighted by Gasteiger charge is -2.10. The molecule has 5 heteroatoms. The number of carbonyl (C=O) groups excluding carboxylic acids is 1. The van der Waals surface area contributed by atoms with Gasteiger partial charge in [-0.1, -0.05) is 6.92 Å². The summed E-state index contributed by atoms with van der Waals surface area (Å²) in [5.41, 5.74) is 0.931. The Balaban J connectivity index is 2.75. The number of aryl methyl sites for hydroxylation is 2. The number of hydrogen-bond donors (Lipinski definition) is 1. The third kappa shape index (κ3) is 3.27. The minimum atomic E-state index is -0.0368. The first-order valence-electron chi connectivity index (χ1n) is 5.46. The molecule has 1 N–H and O–H groups in total. The highest BCUT2D eigenvalue weighted by Crippen LogP contribution is 2.13. The van der Waals surface area contributed by atoms with Crippen molar-refractivity contribution in [3.8, 4) is 0 Å². The Morgan fingerprint density at radius 2 is 2.38 bits per heavy atom. The molecule has 0 radical (unpaired) electrons. The smallest absolute Gasteiger partial charge is 0.238 e. The standard InChI is InChI=1S/C11H19N3OS/c1-5-6-14-10(7-8(2)13-14)12-11(15)9(3)16-4/h7,9H,5-6H2,1-4H3,(H,12,15). The zero-order valence-corrected chi connectivity index (χ0v) is 11.1. The molecule has 16 heavy (non-hydrogen) atoms. The molecule has 1 amide bonds. The third-order valence-electron chi connectivity index (χ3n) is 2.31. The van der Waals surface area contributed by atoms with Crippen molar-refractivity contribution in [2.24, 2.45) is 0 Å². The Labute approximate surface area is 101 Å². The maximum atomic E-state index is 11.7. The number of carbonyl (C=O) groups is 1. The third-order valence-corrected chi connectivity index (χ3v) is 3.23. The van der Waals surface area contributed by atoms with Crippen molar-refractivity contribution in [3.63, 3.8) is 0 Å². The maximum absolute atomic E-state index is 11.7. The average molecular weight is 241 g/mol. The van der Waals surface area contributed by atoms with Crippen LogP contribution < -0.4 is 5.32 Å². The van der Waals surface area contributed by atoms with Gasteiger partial charge in [0.15, 0.2) is 0 Å². The van der Waals surface area contributed by atoms with E-state index in [1.54, 1.807) is 0 Å². The summed E-state index contributed by atoms with van der Waals surface area (Å²) in [5, 5.41) is 7.20. The van der Waals surface area contributed by atoms with Gasteiger partial charge in [-0.25, -0.2) is 4.68 Å². The number of anilines is 1. The first-order valence-corrected chi connectivity index (χ1v) is 6.75. The van der Waals surface area contributed by atoms with Gasteiger partial charge in [0.1, 0.15) is 5.82 Å². The molecular weight excluding hydrogens is 222 g/mol. The molecule has 1 heterocycles. The van der Waals surface area contributed by atoms with Crippen molar-refractivity contribution in [2.45, 2.75) is 39.0 Å². The highest BCUT2D eigenvalue weighted by Gasteiger charge is 2.14. The molecule has 0 bridgehead atoms. The molecule has 0 aliphatic heterocycles. The van der Waals surface area contributed by atoms with Crippen LogP contribution in [0.3, 0.4) is 0 Å². The van der Waals surface area contributed by atoms with Crippen LogP contribution in [0, 0.1) is 6.92 Å². The van der Waals surface area contributed by atoms with Crippen LogP contribution in [-0.4, -0.2) is 27.2 Å². The topological polar surface area (TPSA) is 46.9 Å². The second-order valence-electron chi connectivity index (χ2n) is 3.76. The molecule has 0 aliphatic rings. The lowest BCUT2D eigenvalue weighted by molar-refractivity contribution is -0.115. The molecule has 1 aromatic heterocycles. The van der Waals surface area contributed by atoms with E-state index in [0.29, 0.717) is 0 Å². The predicted octanol–water partition coefficient (Wildman–Crippen LogP) is 2.29. The number of aromatic nitrogens is 2. The van der Waals surface area contributed by atoms with E-state index in [2.05, 4.69) is 17.3 Å². The van der Waals surface area contributed by atoms with E-state index in [-0.39, 0.29) is 11.2 Å². The minimum Gasteiger partial charge on any atom is -0.310 e. The monoisotopic (exact) mass is 241 g/mol. The maximum Gasteiger partial charge on any atom is 0.238 e. The zero-order valence-electron chi connectivity index (χ0n) is 10.3. The molecule has 1 atom stereocenters. The zero-order chi connectivity index (χ0) is 12.1. The first kappa shape index (κ1) is 13.1. The van der Waals surface area contributed by atoms with Crippen LogP contribution in [0.25, 0.3) is 0 Å². The first-order chi connectivity index (χ1) is 7.58. The Morgan fingerprint density at radius 3 is 2.94 bits per heavy atom. The van der Waals surface area contributed by atoms with E-state index in [4.69, 9.17) is 0 Å². The molecule has 0 aliphatic carbocycles. The van der Waals surface area contributed by atoms with Gasteiger partial charge in [0.25, 0.3) is 0 Å². The van der Waals surface area contributed by atoms with Gasteiger partial charge in [0, 0.05) is 12.6 Å². The summed E-state index contributed by atoms with van der Waals surface area (Å²) in [7, 11) is 0. The molecule has 1 unspecified atom stereocenters. The van der Waals surface area contributed by atoms with Gasteiger partial charge < -0.3 is 5.32 Å². The summed E-state index contributed by atoms with van der Waals surface area (Å²) in [5.74, 6) is 0.829. The molecular formula is C11H19N3OS. The number of nitrogens with one attached hydrogen (secondary N) is 1. The second-order valence-corrected chi connectivity index (χ2v) is 4.94. The van der Waals surface area contributed by atoms with Crippen LogP contribution in [0.1, 0.15) is 26.0 Å². The van der Waals surface area contributed by atoms with Gasteiger partial charge in [0.05, 0.1) is 10.9 Å². The Kier molecular flexibility index (Phi) is 4.86. The molecule has 1 aromatic rings. The second kappa shape index (κ2) is 5.94. The largest absolute Gasteiger partial charge is 0.310 e. The number of rotatable bonds is 5. The molecule has 0 saturated carbocycles. The SMILES string of the molecule is CCCn1nc(C)cc1NC(=O)C(C)SC. The normalized spacial score (nSPS) is 12.5. The van der Waals surface area contributed by atoms with E-state index < -0.39 is 0 Å². The molecule has 90 valence electrons. The number of nitrogens with zero attached hydrogens (tertiary/aromatic N) is 2. The molecule has 1 rings (SSSR count). The fourth-order valence-corrected chi connectivity index (χ4v) is 1.64. The summed E-state index contributed by atoms with van der Waals surface area (Å²) >= 11 is 1.54. The van der Waals surface area contributed by atoms with Crippen LogP contribution in [0.4, 0.5) is 5.82 Å². The van der Waals surface area contributed by atoms with Gasteiger partial charge in [-0.2, -0.15) is 16.9 Å². The highest BCUT2D eigenvalue weighted by atomic mass is 32.2. The van der Waals surface area contributed by atoms with E-state index in [9.17, 15) is 4.79 Å². The summed E-state index contributed by atoms with van der Waals surface area (Å²) in [6, 6.07) is 1.90. The van der Waals surface area contributed by atoms with Crippen LogP contribution in [0.5, 0.6) is 0 Å². The quantitative estimate of drug-likeness (QED) is 0.860. The summed E-state index contributed by atoms with van der Waals surface area (Å²) in [4.78, 5) is 11.7. The van der Waals surface area contributed by atoms with Crippen molar-refractivity contribution in [1.29, 1.82) is 0 Å². The molecule has 0 saturated heterocycles. The van der Waals surface area contributed by atoms with Crippen LogP contribution in [0.2, 0.25) is 0 Å². The van der Waals surface area contributed by atoms with Crippen LogP contribution in [-0.2, 0) is 11.3 Å². The summed E-state index contributed by atoms with van der Waals surface area (Å²) in [6.07, 6.45) is 2.93. The van der Waals surface area contributed by atoms with Gasteiger partial charge in [-0.05, 0) is 26.5 Å². The molecule has 0 fully saturated rings. The number of hydrogen-bond acceptors (Lipinski definition) is 3. The Morgan fingerprint density at radius 1 is 1.69 bits per heavy atom. The minimum absolute atomic E-state index is 0.0322.